The molecule has 1 saturated heterocycles. The molecule has 2 N–H and O–H groups in total. The number of amides is 2. The highest BCUT2D eigenvalue weighted by Crippen LogP contribution is 2.28. The van der Waals surface area contributed by atoms with Crippen molar-refractivity contribution in [1.29, 1.82) is 0 Å². The fraction of sp³-hybridized carbons (Fsp3) is 0.444. The number of nitrogens with one attached hydrogen (secondary N) is 2. The van der Waals surface area contributed by atoms with Gasteiger partial charge in [0.05, 0.1) is 12.7 Å². The summed E-state index contributed by atoms with van der Waals surface area (Å²) in [6.07, 6.45) is 6.79. The average molecular weight is 326 g/mol. The Morgan fingerprint density at radius 2 is 2.33 bits per heavy atom. The molecule has 0 radical (unpaired) electrons. The first kappa shape index (κ1) is 15.1. The van der Waals surface area contributed by atoms with Crippen LogP contribution in [0.2, 0.25) is 0 Å². The molecular formula is C18H22N4O2. The largest absolute Gasteiger partial charge is 0.488 e. The van der Waals surface area contributed by atoms with Gasteiger partial charge in [0.2, 0.25) is 0 Å². The standard InChI is InChI=1S/C18H22N4O2/c23-18(19-11-16-8-13-4-1-2-6-17(13)24-16)22-7-3-5-14(12-22)15-9-20-21-10-15/h1-2,4,6,9-10,14,16H,3,5,7-8,11-12H2,(H,19,23)(H,20,21)/t14-,16+/m0/s1. The summed E-state index contributed by atoms with van der Waals surface area (Å²) in [6, 6.07) is 8.06. The third-order valence-corrected chi connectivity index (χ3v) is 4.89. The van der Waals surface area contributed by atoms with Gasteiger partial charge in [-0.05, 0) is 30.0 Å². The fourth-order valence-electron chi connectivity index (χ4n) is 3.60. The van der Waals surface area contributed by atoms with Crippen molar-refractivity contribution in [1.82, 2.24) is 20.4 Å². The van der Waals surface area contributed by atoms with Crippen molar-refractivity contribution in [2.24, 2.45) is 0 Å². The monoisotopic (exact) mass is 326 g/mol. The van der Waals surface area contributed by atoms with Crippen LogP contribution in [-0.4, -0.2) is 46.9 Å². The van der Waals surface area contributed by atoms with E-state index in [0.29, 0.717) is 12.5 Å². The molecule has 6 nitrogen and oxygen atoms in total. The lowest BCUT2D eigenvalue weighted by Gasteiger charge is -2.32. The van der Waals surface area contributed by atoms with Gasteiger partial charge in [0.1, 0.15) is 11.9 Å². The number of fused-ring (bicyclic) bond motifs is 1. The first-order valence-electron chi connectivity index (χ1n) is 8.55. The predicted octanol–water partition coefficient (Wildman–Crippen LogP) is 2.30. The molecule has 2 aromatic rings. The summed E-state index contributed by atoms with van der Waals surface area (Å²) in [5.74, 6) is 1.31. The van der Waals surface area contributed by atoms with Gasteiger partial charge < -0.3 is 15.0 Å². The number of carbonyl (C=O) groups excluding carboxylic acids is 1. The molecule has 2 aliphatic rings. The van der Waals surface area contributed by atoms with Crippen molar-refractivity contribution >= 4 is 6.03 Å². The van der Waals surface area contributed by atoms with Crippen LogP contribution in [0.25, 0.3) is 0 Å². The van der Waals surface area contributed by atoms with E-state index < -0.39 is 0 Å². The van der Waals surface area contributed by atoms with E-state index in [1.165, 1.54) is 11.1 Å². The second-order valence-corrected chi connectivity index (χ2v) is 6.55. The number of benzene rings is 1. The van der Waals surface area contributed by atoms with Crippen molar-refractivity contribution in [3.8, 4) is 5.75 Å². The minimum Gasteiger partial charge on any atom is -0.488 e. The molecule has 126 valence electrons. The van der Waals surface area contributed by atoms with Crippen LogP contribution < -0.4 is 10.1 Å². The third-order valence-electron chi connectivity index (χ3n) is 4.89. The van der Waals surface area contributed by atoms with Gasteiger partial charge >= 0.3 is 6.03 Å². The molecule has 0 aliphatic carbocycles. The zero-order valence-corrected chi connectivity index (χ0v) is 13.6. The average Bonchev–Trinajstić information content (AvgIpc) is 3.29. The molecular weight excluding hydrogens is 304 g/mol. The van der Waals surface area contributed by atoms with E-state index >= 15 is 0 Å². The maximum Gasteiger partial charge on any atom is 0.317 e. The number of carbonyl (C=O) groups is 1. The number of para-hydroxylation sites is 1. The number of rotatable bonds is 3. The molecule has 2 aliphatic heterocycles. The Labute approximate surface area is 141 Å². The van der Waals surface area contributed by atoms with E-state index in [1.807, 2.05) is 35.5 Å². The van der Waals surface area contributed by atoms with Crippen LogP contribution in [0.1, 0.15) is 29.9 Å². The summed E-state index contributed by atoms with van der Waals surface area (Å²) in [5.41, 5.74) is 2.40. The lowest BCUT2D eigenvalue weighted by atomic mass is 9.93. The summed E-state index contributed by atoms with van der Waals surface area (Å²) in [5, 5.41) is 9.91. The van der Waals surface area contributed by atoms with Crippen LogP contribution >= 0.6 is 0 Å². The van der Waals surface area contributed by atoms with Crippen molar-refractivity contribution in [2.75, 3.05) is 19.6 Å². The molecule has 2 atom stereocenters. The molecule has 0 bridgehead atoms. The number of aromatic nitrogens is 2. The molecule has 24 heavy (non-hydrogen) atoms. The van der Waals surface area contributed by atoms with Crippen molar-refractivity contribution in [2.45, 2.75) is 31.3 Å². The van der Waals surface area contributed by atoms with Gasteiger partial charge in [0, 0.05) is 31.6 Å². The summed E-state index contributed by atoms with van der Waals surface area (Å²) in [4.78, 5) is 14.4. The third kappa shape index (κ3) is 3.09. The second kappa shape index (κ2) is 6.55. The zero-order valence-electron chi connectivity index (χ0n) is 13.6. The van der Waals surface area contributed by atoms with Gasteiger partial charge in [-0.1, -0.05) is 18.2 Å². The number of piperidine rings is 1. The van der Waals surface area contributed by atoms with E-state index in [1.54, 1.807) is 0 Å². The number of hydrogen-bond acceptors (Lipinski definition) is 3. The molecule has 1 fully saturated rings. The second-order valence-electron chi connectivity index (χ2n) is 6.55. The van der Waals surface area contributed by atoms with Gasteiger partial charge in [-0.2, -0.15) is 5.10 Å². The molecule has 0 spiro atoms. The number of H-pyrrole nitrogens is 1. The number of ether oxygens (including phenoxy) is 1. The minimum atomic E-state index is 0.00255. The number of hydrogen-bond donors (Lipinski definition) is 2. The molecule has 1 aromatic carbocycles. The zero-order chi connectivity index (χ0) is 16.4. The molecule has 0 unspecified atom stereocenters. The number of urea groups is 1. The molecule has 0 saturated carbocycles. The van der Waals surface area contributed by atoms with Gasteiger partial charge in [-0.25, -0.2) is 4.79 Å². The SMILES string of the molecule is O=C(NC[C@H]1Cc2ccccc2O1)N1CCC[C@H](c2cn[nH]c2)C1. The summed E-state index contributed by atoms with van der Waals surface area (Å²) in [6.45, 7) is 2.10. The molecule has 2 amide bonds. The van der Waals surface area contributed by atoms with Crippen LogP contribution in [0.4, 0.5) is 4.79 Å². The summed E-state index contributed by atoms with van der Waals surface area (Å²) < 4.78 is 5.88. The van der Waals surface area contributed by atoms with E-state index in [-0.39, 0.29) is 12.1 Å². The predicted molar refractivity (Wildman–Crippen MR) is 90.1 cm³/mol. The highest BCUT2D eigenvalue weighted by Gasteiger charge is 2.27. The lowest BCUT2D eigenvalue weighted by molar-refractivity contribution is 0.170. The van der Waals surface area contributed by atoms with Crippen LogP contribution in [0.5, 0.6) is 5.75 Å². The van der Waals surface area contributed by atoms with Crippen LogP contribution in [0.15, 0.2) is 36.7 Å². The normalized spacial score (nSPS) is 22.8. The quantitative estimate of drug-likeness (QED) is 0.909. The van der Waals surface area contributed by atoms with Crippen LogP contribution in [-0.2, 0) is 6.42 Å². The summed E-state index contributed by atoms with van der Waals surface area (Å²) in [7, 11) is 0. The first-order valence-corrected chi connectivity index (χ1v) is 8.55. The van der Waals surface area contributed by atoms with Crippen molar-refractivity contribution in [3.63, 3.8) is 0 Å². The lowest BCUT2D eigenvalue weighted by Crippen LogP contribution is -2.47. The van der Waals surface area contributed by atoms with Crippen molar-refractivity contribution in [3.05, 3.63) is 47.8 Å². The highest BCUT2D eigenvalue weighted by atomic mass is 16.5. The van der Waals surface area contributed by atoms with E-state index in [9.17, 15) is 4.79 Å². The number of nitrogens with zero attached hydrogens (tertiary/aromatic N) is 2. The summed E-state index contributed by atoms with van der Waals surface area (Å²) >= 11 is 0. The Hall–Kier alpha value is -2.50. The van der Waals surface area contributed by atoms with Gasteiger partial charge in [0.25, 0.3) is 0 Å². The number of aromatic amines is 1. The maximum atomic E-state index is 12.5. The van der Waals surface area contributed by atoms with E-state index in [2.05, 4.69) is 21.6 Å². The highest BCUT2D eigenvalue weighted by molar-refractivity contribution is 5.74. The van der Waals surface area contributed by atoms with Crippen molar-refractivity contribution < 1.29 is 9.53 Å². The molecule has 1 aromatic heterocycles. The Balaban J connectivity index is 1.29. The Kier molecular flexibility index (Phi) is 4.11. The Morgan fingerprint density at radius 3 is 3.17 bits per heavy atom. The fourth-order valence-corrected chi connectivity index (χ4v) is 3.60. The molecule has 4 rings (SSSR count). The Bertz CT molecular complexity index is 676. The van der Waals surface area contributed by atoms with Gasteiger partial charge in [0.15, 0.2) is 0 Å². The van der Waals surface area contributed by atoms with E-state index in [0.717, 1.165) is 38.1 Å². The minimum absolute atomic E-state index is 0.00255. The van der Waals surface area contributed by atoms with Crippen LogP contribution in [0.3, 0.4) is 0 Å². The number of likely N-dealkylation sites (tertiary alicyclic amines) is 1. The molecule has 6 heteroatoms. The topological polar surface area (TPSA) is 70.2 Å². The van der Waals surface area contributed by atoms with Crippen LogP contribution in [0, 0.1) is 0 Å². The van der Waals surface area contributed by atoms with Gasteiger partial charge in [-0.3, -0.25) is 5.10 Å². The maximum absolute atomic E-state index is 12.5. The first-order chi connectivity index (χ1) is 11.8. The smallest absolute Gasteiger partial charge is 0.317 e. The molecule has 3 heterocycles. The van der Waals surface area contributed by atoms with Gasteiger partial charge in [-0.15, -0.1) is 0 Å². The van der Waals surface area contributed by atoms with E-state index in [4.69, 9.17) is 4.74 Å². The Morgan fingerprint density at radius 1 is 1.42 bits per heavy atom.